The lowest BCUT2D eigenvalue weighted by molar-refractivity contribution is 0.0516. The van der Waals surface area contributed by atoms with Crippen LogP contribution in [0.15, 0.2) is 12.3 Å². The van der Waals surface area contributed by atoms with Gasteiger partial charge < -0.3 is 15.8 Å². The van der Waals surface area contributed by atoms with E-state index in [9.17, 15) is 4.79 Å². The fraction of sp³-hybridized carbons (Fsp3) is 0.571. The average Bonchev–Trinajstić information content (AvgIpc) is 2.37. The molecule has 118 valence electrons. The Labute approximate surface area is 135 Å². The lowest BCUT2D eigenvalue weighted by Gasteiger charge is -2.29. The van der Waals surface area contributed by atoms with Gasteiger partial charge in [0.25, 0.3) is 0 Å². The van der Waals surface area contributed by atoms with Crippen molar-refractivity contribution in [2.75, 3.05) is 13.1 Å². The summed E-state index contributed by atoms with van der Waals surface area (Å²) in [6, 6.07) is 1.71. The van der Waals surface area contributed by atoms with E-state index in [1.54, 1.807) is 33.0 Å². The van der Waals surface area contributed by atoms with Gasteiger partial charge in [-0.15, -0.1) is 0 Å². The molecule has 0 fully saturated rings. The van der Waals surface area contributed by atoms with E-state index >= 15 is 0 Å². The molecule has 1 amide bonds. The number of hydrogen-bond donors (Lipinski definition) is 2. The van der Waals surface area contributed by atoms with Crippen LogP contribution >= 0.6 is 23.2 Å². The quantitative estimate of drug-likeness (QED) is 0.830. The number of carbonyl (C=O) groups excluding carboxylic acids is 1. The molecule has 0 aromatic carbocycles. The third-order valence-electron chi connectivity index (χ3n) is 2.97. The Morgan fingerprint density at radius 1 is 1.38 bits per heavy atom. The van der Waals surface area contributed by atoms with E-state index in [1.807, 2.05) is 6.92 Å². The van der Waals surface area contributed by atoms with Crippen LogP contribution in [-0.2, 0) is 10.2 Å². The zero-order valence-electron chi connectivity index (χ0n) is 12.7. The van der Waals surface area contributed by atoms with Gasteiger partial charge in [0.15, 0.2) is 0 Å². The Balaban J connectivity index is 2.80. The number of alkyl carbamates (subject to hydrolysis) is 1. The predicted molar refractivity (Wildman–Crippen MR) is 84.9 cm³/mol. The summed E-state index contributed by atoms with van der Waals surface area (Å²) in [5.41, 5.74) is 5.58. The van der Waals surface area contributed by atoms with Crippen molar-refractivity contribution in [1.29, 1.82) is 0 Å². The molecule has 1 atom stereocenters. The summed E-state index contributed by atoms with van der Waals surface area (Å²) < 4.78 is 5.20. The predicted octanol–water partition coefficient (Wildman–Crippen LogP) is 3.13. The van der Waals surface area contributed by atoms with E-state index in [4.69, 9.17) is 33.7 Å². The summed E-state index contributed by atoms with van der Waals surface area (Å²) in [6.07, 6.45) is 1.12. The van der Waals surface area contributed by atoms with Crippen molar-refractivity contribution in [3.05, 3.63) is 28.0 Å². The number of nitrogens with two attached hydrogens (primary N) is 1. The number of nitrogens with zero attached hydrogens (tertiary/aromatic N) is 1. The fourth-order valence-electron chi connectivity index (χ4n) is 1.62. The Kier molecular flexibility index (Phi) is 5.84. The molecule has 0 saturated carbocycles. The highest BCUT2D eigenvalue weighted by molar-refractivity contribution is 6.41. The number of ether oxygens (including phenoxy) is 1. The first-order valence-electron chi connectivity index (χ1n) is 6.56. The van der Waals surface area contributed by atoms with E-state index in [1.165, 1.54) is 0 Å². The summed E-state index contributed by atoms with van der Waals surface area (Å²) in [4.78, 5) is 15.7. The molecule has 21 heavy (non-hydrogen) atoms. The summed E-state index contributed by atoms with van der Waals surface area (Å²) in [5, 5.41) is 3.31. The molecular formula is C14H21Cl2N3O2. The van der Waals surface area contributed by atoms with Gasteiger partial charge in [-0.05, 0) is 32.4 Å². The van der Waals surface area contributed by atoms with E-state index in [2.05, 4.69) is 10.3 Å². The summed E-state index contributed by atoms with van der Waals surface area (Å²) in [6.45, 7) is 7.93. The summed E-state index contributed by atoms with van der Waals surface area (Å²) in [5.74, 6) is 0. The lowest BCUT2D eigenvalue weighted by Crippen LogP contribution is -2.45. The van der Waals surface area contributed by atoms with Crippen molar-refractivity contribution in [2.45, 2.75) is 38.7 Å². The van der Waals surface area contributed by atoms with Gasteiger partial charge >= 0.3 is 6.09 Å². The molecule has 0 spiro atoms. The maximum Gasteiger partial charge on any atom is 0.407 e. The van der Waals surface area contributed by atoms with Crippen molar-refractivity contribution in [2.24, 2.45) is 5.73 Å². The second kappa shape index (κ2) is 6.81. The molecule has 0 aliphatic heterocycles. The smallest absolute Gasteiger partial charge is 0.407 e. The van der Waals surface area contributed by atoms with Crippen LogP contribution in [0.25, 0.3) is 0 Å². The maximum absolute atomic E-state index is 11.7. The Hall–Kier alpha value is -1.04. The number of aromatic nitrogens is 1. The van der Waals surface area contributed by atoms with Gasteiger partial charge in [-0.3, -0.25) is 0 Å². The minimum atomic E-state index is -0.547. The van der Waals surface area contributed by atoms with Gasteiger partial charge in [-0.1, -0.05) is 30.1 Å². The monoisotopic (exact) mass is 333 g/mol. The lowest BCUT2D eigenvalue weighted by atomic mass is 9.83. The minimum Gasteiger partial charge on any atom is -0.444 e. The number of pyridine rings is 1. The standard InChI is InChI=1S/C14H21Cl2N3O2/c1-13(2,3)21-12(20)19-8-14(4,7-17)9-5-10(15)11(16)18-6-9/h5-6H,7-8,17H2,1-4H3,(H,19,20). The molecule has 0 aliphatic carbocycles. The van der Waals surface area contributed by atoms with Crippen LogP contribution in [0.4, 0.5) is 4.79 Å². The summed E-state index contributed by atoms with van der Waals surface area (Å²) in [7, 11) is 0. The van der Waals surface area contributed by atoms with E-state index < -0.39 is 17.1 Å². The minimum absolute atomic E-state index is 0.236. The molecule has 1 aromatic rings. The molecule has 0 bridgehead atoms. The van der Waals surface area contributed by atoms with Crippen LogP contribution in [0.1, 0.15) is 33.3 Å². The fourth-order valence-corrected chi connectivity index (χ4v) is 1.89. The number of carbonyl (C=O) groups is 1. The Morgan fingerprint density at radius 3 is 2.48 bits per heavy atom. The van der Waals surface area contributed by atoms with E-state index in [0.717, 1.165) is 5.56 Å². The number of rotatable bonds is 4. The van der Waals surface area contributed by atoms with Gasteiger partial charge in [-0.2, -0.15) is 0 Å². The van der Waals surface area contributed by atoms with Gasteiger partial charge in [0, 0.05) is 24.7 Å². The van der Waals surface area contributed by atoms with Crippen LogP contribution in [0.2, 0.25) is 10.2 Å². The van der Waals surface area contributed by atoms with Gasteiger partial charge in [0.1, 0.15) is 10.8 Å². The average molecular weight is 334 g/mol. The highest BCUT2D eigenvalue weighted by Gasteiger charge is 2.28. The molecule has 1 aromatic heterocycles. The van der Waals surface area contributed by atoms with Crippen molar-refractivity contribution >= 4 is 29.3 Å². The van der Waals surface area contributed by atoms with Crippen LogP contribution in [0, 0.1) is 0 Å². The first-order chi connectivity index (χ1) is 9.57. The third kappa shape index (κ3) is 5.34. The van der Waals surface area contributed by atoms with Gasteiger partial charge in [-0.25, -0.2) is 9.78 Å². The Bertz CT molecular complexity index is 517. The topological polar surface area (TPSA) is 77.2 Å². The largest absolute Gasteiger partial charge is 0.444 e. The number of halogens is 2. The molecule has 1 unspecified atom stereocenters. The first kappa shape index (κ1) is 18.0. The number of amides is 1. The van der Waals surface area contributed by atoms with Crippen LogP contribution < -0.4 is 11.1 Å². The SMILES string of the molecule is CC(C)(C)OC(=O)NCC(C)(CN)c1cnc(Cl)c(Cl)c1. The third-order valence-corrected chi connectivity index (χ3v) is 3.65. The Morgan fingerprint density at radius 2 is 2.00 bits per heavy atom. The van der Waals surface area contributed by atoms with Crippen molar-refractivity contribution < 1.29 is 9.53 Å². The van der Waals surface area contributed by atoms with Crippen molar-refractivity contribution in [3.8, 4) is 0 Å². The summed E-state index contributed by atoms with van der Waals surface area (Å²) >= 11 is 11.8. The van der Waals surface area contributed by atoms with E-state index in [0.29, 0.717) is 18.1 Å². The normalized spacial score (nSPS) is 14.4. The van der Waals surface area contributed by atoms with Crippen LogP contribution in [-0.4, -0.2) is 29.8 Å². The van der Waals surface area contributed by atoms with Crippen LogP contribution in [0.5, 0.6) is 0 Å². The molecule has 1 heterocycles. The zero-order chi connectivity index (χ0) is 16.3. The number of hydrogen-bond acceptors (Lipinski definition) is 4. The zero-order valence-corrected chi connectivity index (χ0v) is 14.2. The van der Waals surface area contributed by atoms with E-state index in [-0.39, 0.29) is 5.15 Å². The molecule has 5 nitrogen and oxygen atoms in total. The molecule has 7 heteroatoms. The van der Waals surface area contributed by atoms with Crippen molar-refractivity contribution in [3.63, 3.8) is 0 Å². The molecule has 0 saturated heterocycles. The first-order valence-corrected chi connectivity index (χ1v) is 7.31. The van der Waals surface area contributed by atoms with Gasteiger partial charge in [0.05, 0.1) is 5.02 Å². The second-order valence-electron chi connectivity index (χ2n) is 6.12. The highest BCUT2D eigenvalue weighted by Crippen LogP contribution is 2.27. The molecular weight excluding hydrogens is 313 g/mol. The molecule has 0 aliphatic rings. The highest BCUT2D eigenvalue weighted by atomic mass is 35.5. The van der Waals surface area contributed by atoms with Crippen LogP contribution in [0.3, 0.4) is 0 Å². The second-order valence-corrected chi connectivity index (χ2v) is 6.88. The maximum atomic E-state index is 11.7. The van der Waals surface area contributed by atoms with Gasteiger partial charge in [0.2, 0.25) is 0 Å². The molecule has 1 rings (SSSR count). The molecule has 3 N–H and O–H groups in total. The van der Waals surface area contributed by atoms with Crippen molar-refractivity contribution in [1.82, 2.24) is 10.3 Å². The number of nitrogens with one attached hydrogen (secondary N) is 1. The molecule has 0 radical (unpaired) electrons.